The lowest BCUT2D eigenvalue weighted by molar-refractivity contribution is 0.442. The second kappa shape index (κ2) is 5.68. The Hall–Kier alpha value is -1.96. The third-order valence-corrected chi connectivity index (χ3v) is 6.04. The summed E-state index contributed by atoms with van der Waals surface area (Å²) >= 11 is -1.87. The van der Waals surface area contributed by atoms with Crippen LogP contribution in [0.15, 0.2) is 70.6 Å². The van der Waals surface area contributed by atoms with E-state index in [9.17, 15) is 12.6 Å². The highest BCUT2D eigenvalue weighted by molar-refractivity contribution is 7.90. The van der Waals surface area contributed by atoms with Gasteiger partial charge < -0.3 is 0 Å². The largest absolute Gasteiger partial charge is 0.289 e. The molecule has 3 aromatic rings. The van der Waals surface area contributed by atoms with E-state index >= 15 is 0 Å². The van der Waals surface area contributed by atoms with Crippen LogP contribution in [-0.2, 0) is 25.3 Å². The molecular formula is C15H13NO4S2. The minimum absolute atomic E-state index is 0.0903. The zero-order valence-electron chi connectivity index (χ0n) is 11.7. The quantitative estimate of drug-likeness (QED) is 0.735. The average molecular weight is 335 g/mol. The molecule has 5 nitrogen and oxygen atoms in total. The summed E-state index contributed by atoms with van der Waals surface area (Å²) in [5, 5.41) is 0.773. The zero-order chi connectivity index (χ0) is 15.7. The molecule has 1 heterocycles. The molecule has 1 atom stereocenters. The Morgan fingerprint density at radius 3 is 2.32 bits per heavy atom. The molecule has 0 N–H and O–H groups in total. The molecule has 0 aliphatic rings. The van der Waals surface area contributed by atoms with Gasteiger partial charge in [-0.05, 0) is 24.3 Å². The summed E-state index contributed by atoms with van der Waals surface area (Å²) < 4.78 is 43.8. The Morgan fingerprint density at radius 1 is 1.00 bits per heavy atom. The van der Waals surface area contributed by atoms with Gasteiger partial charge in [0.25, 0.3) is 10.0 Å². The predicted octanol–water partition coefficient (Wildman–Crippen LogP) is 2.55. The van der Waals surface area contributed by atoms with Crippen LogP contribution in [0.1, 0.15) is 0 Å². The van der Waals surface area contributed by atoms with E-state index in [2.05, 4.69) is 0 Å². The molecule has 3 rings (SSSR count). The smallest absolute Gasteiger partial charge is 0.269 e. The lowest BCUT2D eigenvalue weighted by atomic mass is 10.3. The maximum absolute atomic E-state index is 12.9. The van der Waals surface area contributed by atoms with Crippen molar-refractivity contribution >= 4 is 32.0 Å². The molecule has 0 spiro atoms. The summed E-state index contributed by atoms with van der Waals surface area (Å²) in [5.41, 5.74) is 0.465. The number of para-hydroxylation sites is 1. The third-order valence-electron chi connectivity index (χ3n) is 3.24. The Labute approximate surface area is 130 Å². The first-order valence-electron chi connectivity index (χ1n) is 6.43. The monoisotopic (exact) mass is 335 g/mol. The zero-order valence-corrected chi connectivity index (χ0v) is 13.3. The molecule has 0 fully saturated rings. The molecule has 0 saturated carbocycles. The van der Waals surface area contributed by atoms with Crippen LogP contribution in [0.5, 0.6) is 0 Å². The molecule has 114 valence electrons. The van der Waals surface area contributed by atoms with Gasteiger partial charge in [0.15, 0.2) is 0 Å². The predicted molar refractivity (Wildman–Crippen MR) is 84.4 cm³/mol. The van der Waals surface area contributed by atoms with Gasteiger partial charge in [0, 0.05) is 5.39 Å². The van der Waals surface area contributed by atoms with Gasteiger partial charge >= 0.3 is 0 Å². The van der Waals surface area contributed by atoms with Crippen molar-refractivity contribution in [3.63, 3.8) is 0 Å². The summed E-state index contributed by atoms with van der Waals surface area (Å²) in [6.45, 7) is 0. The summed E-state index contributed by atoms with van der Waals surface area (Å²) in [7, 11) is -2.59. The van der Waals surface area contributed by atoms with Crippen molar-refractivity contribution in [2.24, 2.45) is 0 Å². The topological polar surface area (TPSA) is 65.4 Å². The Balaban J connectivity index is 2.36. The summed E-state index contributed by atoms with van der Waals surface area (Å²) in [4.78, 5) is 0.130. The molecule has 0 saturated heterocycles. The maximum Gasteiger partial charge on any atom is 0.269 e. The molecule has 22 heavy (non-hydrogen) atoms. The number of aromatic nitrogens is 1. The fourth-order valence-corrected chi connectivity index (χ4v) is 4.78. The van der Waals surface area contributed by atoms with Crippen LogP contribution < -0.4 is 0 Å². The van der Waals surface area contributed by atoms with Gasteiger partial charge in [-0.25, -0.2) is 16.6 Å². The van der Waals surface area contributed by atoms with E-state index in [4.69, 9.17) is 4.18 Å². The number of rotatable bonds is 4. The first-order chi connectivity index (χ1) is 10.6. The lowest BCUT2D eigenvalue weighted by Crippen LogP contribution is -2.16. The van der Waals surface area contributed by atoms with Crippen LogP contribution in [0.25, 0.3) is 10.9 Å². The number of hydrogen-bond donors (Lipinski definition) is 0. The Kier molecular flexibility index (Phi) is 3.86. The first-order valence-corrected chi connectivity index (χ1v) is 8.94. The van der Waals surface area contributed by atoms with Gasteiger partial charge in [-0.1, -0.05) is 36.4 Å². The molecule has 1 aromatic heterocycles. The van der Waals surface area contributed by atoms with Crippen LogP contribution in [0.4, 0.5) is 0 Å². The molecule has 0 amide bonds. The van der Waals surface area contributed by atoms with Gasteiger partial charge in [-0.3, -0.25) is 4.18 Å². The lowest BCUT2D eigenvalue weighted by Gasteiger charge is -2.10. The van der Waals surface area contributed by atoms with E-state index in [1.165, 1.54) is 19.2 Å². The maximum atomic E-state index is 12.9. The van der Waals surface area contributed by atoms with Crippen LogP contribution in [0.2, 0.25) is 0 Å². The molecule has 0 radical (unpaired) electrons. The van der Waals surface area contributed by atoms with Gasteiger partial charge in [-0.15, -0.1) is 0 Å². The van der Waals surface area contributed by atoms with E-state index < -0.39 is 21.1 Å². The fourth-order valence-electron chi connectivity index (χ4n) is 2.25. The molecule has 0 aliphatic heterocycles. The van der Waals surface area contributed by atoms with E-state index in [1.807, 2.05) is 0 Å². The fraction of sp³-hybridized carbons (Fsp3) is 0.0667. The third kappa shape index (κ3) is 2.37. The van der Waals surface area contributed by atoms with Crippen molar-refractivity contribution in [2.45, 2.75) is 9.92 Å². The Morgan fingerprint density at radius 2 is 1.64 bits per heavy atom. The average Bonchev–Trinajstić information content (AvgIpc) is 2.95. The van der Waals surface area contributed by atoms with Crippen molar-refractivity contribution in [3.05, 3.63) is 60.7 Å². The van der Waals surface area contributed by atoms with Gasteiger partial charge in [-0.2, -0.15) is 0 Å². The minimum Gasteiger partial charge on any atom is -0.289 e. The van der Waals surface area contributed by atoms with Crippen LogP contribution in [-0.4, -0.2) is 23.7 Å². The normalized spacial score (nSPS) is 13.3. The first kappa shape index (κ1) is 15.0. The molecule has 0 aliphatic carbocycles. The molecule has 1 unspecified atom stereocenters. The van der Waals surface area contributed by atoms with E-state index in [0.29, 0.717) is 10.9 Å². The summed E-state index contributed by atoms with van der Waals surface area (Å²) in [6, 6.07) is 16.6. The number of nitrogens with zero attached hydrogens (tertiary/aromatic N) is 1. The number of hydrogen-bond acceptors (Lipinski definition) is 4. The van der Waals surface area contributed by atoms with Gasteiger partial charge in [0.05, 0.1) is 17.5 Å². The summed E-state index contributed by atoms with van der Waals surface area (Å²) in [5.74, 6) is 0. The van der Waals surface area contributed by atoms with E-state index in [-0.39, 0.29) is 9.92 Å². The highest BCUT2D eigenvalue weighted by atomic mass is 32.2. The molecular weight excluding hydrogens is 322 g/mol. The van der Waals surface area contributed by atoms with Crippen molar-refractivity contribution in [2.75, 3.05) is 7.11 Å². The highest BCUT2D eigenvalue weighted by Gasteiger charge is 2.25. The van der Waals surface area contributed by atoms with Crippen molar-refractivity contribution in [1.29, 1.82) is 0 Å². The second-order valence-corrected chi connectivity index (χ2v) is 7.53. The number of benzene rings is 2. The standard InChI is InChI=1S/C15H13NO4S2/c1-20-21(17)15-11-12-7-5-6-10-14(12)16(15)22(18,19)13-8-3-2-4-9-13/h2-11H,1H3. The molecule has 2 aromatic carbocycles. The SMILES string of the molecule is COS(=O)c1cc2ccccc2n1S(=O)(=O)c1ccccc1. The highest BCUT2D eigenvalue weighted by Crippen LogP contribution is 2.27. The van der Waals surface area contributed by atoms with Crippen LogP contribution in [0.3, 0.4) is 0 Å². The van der Waals surface area contributed by atoms with Crippen LogP contribution in [0, 0.1) is 0 Å². The van der Waals surface area contributed by atoms with Gasteiger partial charge in [0.1, 0.15) is 5.03 Å². The van der Waals surface area contributed by atoms with Gasteiger partial charge in [0.2, 0.25) is 11.1 Å². The van der Waals surface area contributed by atoms with Crippen molar-refractivity contribution < 1.29 is 16.8 Å². The molecule has 7 heteroatoms. The van der Waals surface area contributed by atoms with Crippen molar-refractivity contribution in [3.8, 4) is 0 Å². The van der Waals surface area contributed by atoms with Crippen LogP contribution >= 0.6 is 0 Å². The number of fused-ring (bicyclic) bond motifs is 1. The van der Waals surface area contributed by atoms with E-state index in [0.717, 1.165) is 3.97 Å². The van der Waals surface area contributed by atoms with E-state index in [1.54, 1.807) is 48.5 Å². The molecule has 0 bridgehead atoms. The minimum atomic E-state index is -3.86. The van der Waals surface area contributed by atoms with Crippen molar-refractivity contribution in [1.82, 2.24) is 3.97 Å². The summed E-state index contributed by atoms with van der Waals surface area (Å²) in [6.07, 6.45) is 0. The Bertz CT molecular complexity index is 946. The second-order valence-electron chi connectivity index (χ2n) is 4.53.